The number of hydrogen-bond acceptors (Lipinski definition) is 6. The van der Waals surface area contributed by atoms with Gasteiger partial charge in [-0.3, -0.25) is 4.79 Å². The number of amides is 1. The molecule has 2 heterocycles. The van der Waals surface area contributed by atoms with Crippen LogP contribution in [0.5, 0.6) is 0 Å². The predicted octanol–water partition coefficient (Wildman–Crippen LogP) is 1.74. The minimum absolute atomic E-state index is 0.173. The summed E-state index contributed by atoms with van der Waals surface area (Å²) < 4.78 is 5.11. The summed E-state index contributed by atoms with van der Waals surface area (Å²) in [6, 6.07) is -0.173. The van der Waals surface area contributed by atoms with Gasteiger partial charge in [0.15, 0.2) is 0 Å². The Labute approximate surface area is 121 Å². The van der Waals surface area contributed by atoms with Gasteiger partial charge in [-0.15, -0.1) is 11.3 Å². The first kappa shape index (κ1) is 14.7. The lowest BCUT2D eigenvalue weighted by atomic mass is 10.1. The van der Waals surface area contributed by atoms with Gasteiger partial charge in [0.25, 0.3) is 5.91 Å². The number of rotatable bonds is 5. The summed E-state index contributed by atoms with van der Waals surface area (Å²) in [6.07, 6.45) is 0.692. The van der Waals surface area contributed by atoms with Crippen molar-refractivity contribution in [3.05, 3.63) is 33.1 Å². The molecule has 20 heavy (non-hydrogen) atoms. The summed E-state index contributed by atoms with van der Waals surface area (Å²) in [4.78, 5) is 16.4. The van der Waals surface area contributed by atoms with E-state index in [4.69, 9.17) is 10.3 Å². The predicted molar refractivity (Wildman–Crippen MR) is 76.7 cm³/mol. The summed E-state index contributed by atoms with van der Waals surface area (Å²) in [7, 11) is 0. The topological polar surface area (TPSA) is 94.0 Å². The fraction of sp³-hybridized carbons (Fsp3) is 0.462. The van der Waals surface area contributed by atoms with Gasteiger partial charge in [0.05, 0.1) is 16.7 Å². The van der Waals surface area contributed by atoms with Crippen molar-refractivity contribution >= 4 is 17.2 Å². The van der Waals surface area contributed by atoms with E-state index in [9.17, 15) is 4.79 Å². The van der Waals surface area contributed by atoms with Crippen molar-refractivity contribution in [3.8, 4) is 0 Å². The van der Waals surface area contributed by atoms with Crippen LogP contribution in [0.25, 0.3) is 0 Å². The van der Waals surface area contributed by atoms with Gasteiger partial charge < -0.3 is 15.6 Å². The molecule has 2 aromatic rings. The Bertz CT molecular complexity index is 586. The van der Waals surface area contributed by atoms with Crippen molar-refractivity contribution in [1.29, 1.82) is 0 Å². The summed E-state index contributed by atoms with van der Waals surface area (Å²) >= 11 is 1.45. The molecule has 0 radical (unpaired) electrons. The lowest BCUT2D eigenvalue weighted by Gasteiger charge is -2.12. The maximum absolute atomic E-state index is 12.1. The number of nitrogens with one attached hydrogen (secondary N) is 1. The average Bonchev–Trinajstić information content (AvgIpc) is 2.97. The van der Waals surface area contributed by atoms with Crippen LogP contribution in [0.15, 0.2) is 9.90 Å². The van der Waals surface area contributed by atoms with Gasteiger partial charge in [0.2, 0.25) is 0 Å². The summed E-state index contributed by atoms with van der Waals surface area (Å²) in [5, 5.41) is 9.43. The highest BCUT2D eigenvalue weighted by Crippen LogP contribution is 2.21. The first-order valence-corrected chi connectivity index (χ1v) is 7.29. The second-order valence-electron chi connectivity index (χ2n) is 4.60. The highest BCUT2D eigenvalue weighted by Gasteiger charge is 2.20. The molecule has 0 aliphatic heterocycles. The van der Waals surface area contributed by atoms with E-state index in [-0.39, 0.29) is 11.9 Å². The monoisotopic (exact) mass is 294 g/mol. The molecule has 3 N–H and O–H groups in total. The molecule has 0 saturated heterocycles. The zero-order valence-corrected chi connectivity index (χ0v) is 12.6. The zero-order chi connectivity index (χ0) is 14.7. The summed E-state index contributed by atoms with van der Waals surface area (Å²) in [5.74, 6) is 0.523. The van der Waals surface area contributed by atoms with Crippen LogP contribution in [-0.2, 0) is 6.42 Å². The quantitative estimate of drug-likeness (QED) is 0.876. The van der Waals surface area contributed by atoms with Gasteiger partial charge in [-0.05, 0) is 27.3 Å². The molecule has 2 rings (SSSR count). The van der Waals surface area contributed by atoms with Gasteiger partial charge in [0, 0.05) is 17.4 Å². The number of nitrogens with two attached hydrogens (primary N) is 1. The number of carbonyl (C=O) groups excluding carboxylic acids is 1. The number of aryl methyl sites for hydroxylation is 2. The maximum atomic E-state index is 12.1. The first-order valence-electron chi connectivity index (χ1n) is 6.41. The number of carbonyl (C=O) groups is 1. The van der Waals surface area contributed by atoms with Gasteiger partial charge in [-0.25, -0.2) is 4.98 Å². The number of thiazole rings is 1. The Morgan fingerprint density at radius 3 is 2.90 bits per heavy atom. The third-order valence-electron chi connectivity index (χ3n) is 3.01. The third-order valence-corrected chi connectivity index (χ3v) is 3.92. The van der Waals surface area contributed by atoms with Gasteiger partial charge in [0.1, 0.15) is 11.5 Å². The van der Waals surface area contributed by atoms with E-state index >= 15 is 0 Å². The highest BCUT2D eigenvalue weighted by atomic mass is 32.1. The van der Waals surface area contributed by atoms with Gasteiger partial charge in [-0.1, -0.05) is 5.16 Å². The Morgan fingerprint density at radius 2 is 2.30 bits per heavy atom. The van der Waals surface area contributed by atoms with Crippen LogP contribution in [0.3, 0.4) is 0 Å². The molecule has 108 valence electrons. The molecule has 1 amide bonds. The largest absolute Gasteiger partial charge is 0.361 e. The Morgan fingerprint density at radius 1 is 1.55 bits per heavy atom. The highest BCUT2D eigenvalue weighted by molar-refractivity contribution is 7.09. The molecule has 0 aliphatic rings. The van der Waals surface area contributed by atoms with Crippen molar-refractivity contribution < 1.29 is 9.32 Å². The molecule has 0 aliphatic carbocycles. The second kappa shape index (κ2) is 6.15. The van der Waals surface area contributed by atoms with Crippen LogP contribution >= 0.6 is 11.3 Å². The second-order valence-corrected chi connectivity index (χ2v) is 5.54. The molecular weight excluding hydrogens is 276 g/mol. The van der Waals surface area contributed by atoms with Crippen molar-refractivity contribution in [1.82, 2.24) is 15.5 Å². The van der Waals surface area contributed by atoms with E-state index in [1.165, 1.54) is 11.3 Å². The molecule has 7 heteroatoms. The third kappa shape index (κ3) is 3.05. The molecular formula is C13H18N4O2S. The molecule has 1 unspecified atom stereocenters. The van der Waals surface area contributed by atoms with E-state index in [1.54, 1.807) is 5.38 Å². The van der Waals surface area contributed by atoms with Crippen molar-refractivity contribution in [2.75, 3.05) is 6.54 Å². The molecule has 0 aromatic carbocycles. The SMILES string of the molecule is Cc1noc(C)c1C(C)NC(=O)c1csc(CCN)n1. The van der Waals surface area contributed by atoms with Crippen LogP contribution in [0, 0.1) is 13.8 Å². The summed E-state index contributed by atoms with van der Waals surface area (Å²) in [6.45, 7) is 6.12. The van der Waals surface area contributed by atoms with Crippen molar-refractivity contribution in [2.45, 2.75) is 33.2 Å². The molecule has 0 fully saturated rings. The minimum Gasteiger partial charge on any atom is -0.361 e. The number of hydrogen-bond donors (Lipinski definition) is 2. The van der Waals surface area contributed by atoms with E-state index in [0.717, 1.165) is 22.0 Å². The van der Waals surface area contributed by atoms with Crippen LogP contribution in [0.1, 0.15) is 45.5 Å². The lowest BCUT2D eigenvalue weighted by Crippen LogP contribution is -2.27. The van der Waals surface area contributed by atoms with Crippen LogP contribution in [-0.4, -0.2) is 22.6 Å². The number of nitrogens with zero attached hydrogens (tertiary/aromatic N) is 2. The smallest absolute Gasteiger partial charge is 0.271 e. The van der Waals surface area contributed by atoms with E-state index in [0.29, 0.717) is 18.7 Å². The Kier molecular flexibility index (Phi) is 4.51. The van der Waals surface area contributed by atoms with E-state index in [1.807, 2.05) is 20.8 Å². The first-order chi connectivity index (χ1) is 9.52. The van der Waals surface area contributed by atoms with Gasteiger partial charge >= 0.3 is 0 Å². The molecule has 1 atom stereocenters. The van der Waals surface area contributed by atoms with Crippen LogP contribution in [0.4, 0.5) is 0 Å². The zero-order valence-electron chi connectivity index (χ0n) is 11.8. The molecule has 0 spiro atoms. The fourth-order valence-electron chi connectivity index (χ4n) is 2.10. The van der Waals surface area contributed by atoms with Crippen molar-refractivity contribution in [2.24, 2.45) is 5.73 Å². The molecule has 6 nitrogen and oxygen atoms in total. The normalized spacial score (nSPS) is 12.4. The van der Waals surface area contributed by atoms with E-state index in [2.05, 4.69) is 15.5 Å². The van der Waals surface area contributed by atoms with Crippen LogP contribution in [0.2, 0.25) is 0 Å². The summed E-state index contributed by atoms with van der Waals surface area (Å²) in [5.41, 5.74) is 7.60. The van der Waals surface area contributed by atoms with Crippen molar-refractivity contribution in [3.63, 3.8) is 0 Å². The van der Waals surface area contributed by atoms with E-state index < -0.39 is 0 Å². The van der Waals surface area contributed by atoms with Crippen LogP contribution < -0.4 is 11.1 Å². The van der Waals surface area contributed by atoms with Gasteiger partial charge in [-0.2, -0.15) is 0 Å². The minimum atomic E-state index is -0.197. The average molecular weight is 294 g/mol. The molecule has 0 bridgehead atoms. The Hall–Kier alpha value is -1.73. The fourth-order valence-corrected chi connectivity index (χ4v) is 2.90. The standard InChI is InChI=1S/C13H18N4O2S/c1-7(12-8(2)17-19-9(12)3)15-13(18)10-6-20-11(16-10)4-5-14/h6-7H,4-5,14H2,1-3H3,(H,15,18). The maximum Gasteiger partial charge on any atom is 0.271 e. The lowest BCUT2D eigenvalue weighted by molar-refractivity contribution is 0.0935. The molecule has 0 saturated carbocycles. The number of aromatic nitrogens is 2. The molecule has 2 aromatic heterocycles. The Balaban J connectivity index is 2.07.